The number of benzene rings is 1. The lowest BCUT2D eigenvalue weighted by molar-refractivity contribution is 0.217. The van der Waals surface area contributed by atoms with Gasteiger partial charge in [-0.2, -0.15) is 0 Å². The van der Waals surface area contributed by atoms with Crippen LogP contribution < -0.4 is 0 Å². The molecule has 22 heavy (non-hydrogen) atoms. The van der Waals surface area contributed by atoms with E-state index in [1.807, 2.05) is 19.2 Å². The van der Waals surface area contributed by atoms with E-state index in [2.05, 4.69) is 11.6 Å². The molecule has 1 unspecified atom stereocenters. The predicted octanol–water partition coefficient (Wildman–Crippen LogP) is 5.36. The Labute approximate surface area is 130 Å². The van der Waals surface area contributed by atoms with Crippen molar-refractivity contribution in [2.75, 3.05) is 0 Å². The van der Waals surface area contributed by atoms with Gasteiger partial charge in [0.05, 0.1) is 11.3 Å². The summed E-state index contributed by atoms with van der Waals surface area (Å²) in [6.07, 6.45) is 6.10. The highest BCUT2D eigenvalue weighted by atomic mass is 19.1. The number of hydrogen-bond acceptors (Lipinski definition) is 2. The van der Waals surface area contributed by atoms with Crippen LogP contribution in [0.2, 0.25) is 0 Å². The molecule has 1 N–H and O–H groups in total. The van der Waals surface area contributed by atoms with Gasteiger partial charge < -0.3 is 5.11 Å². The summed E-state index contributed by atoms with van der Waals surface area (Å²) >= 11 is 0. The van der Waals surface area contributed by atoms with Crippen molar-refractivity contribution in [3.63, 3.8) is 0 Å². The van der Waals surface area contributed by atoms with Crippen LogP contribution in [0.4, 0.5) is 4.39 Å². The van der Waals surface area contributed by atoms with E-state index in [0.29, 0.717) is 17.6 Å². The molecule has 3 rings (SSSR count). The summed E-state index contributed by atoms with van der Waals surface area (Å²) in [7, 11) is 0. The summed E-state index contributed by atoms with van der Waals surface area (Å²) in [5, 5.41) is 10.5. The number of hydrogen-bond donors (Lipinski definition) is 1. The second-order valence-corrected chi connectivity index (χ2v) is 6.45. The van der Waals surface area contributed by atoms with Crippen LogP contribution in [-0.4, -0.2) is 10.1 Å². The molecule has 0 radical (unpaired) electrons. The monoisotopic (exact) mass is 299 g/mol. The van der Waals surface area contributed by atoms with Gasteiger partial charge in [0.2, 0.25) is 0 Å². The molecule has 1 aromatic heterocycles. The highest BCUT2D eigenvalue weighted by Gasteiger charge is 2.28. The lowest BCUT2D eigenvalue weighted by Crippen LogP contribution is -2.20. The molecule has 0 bridgehead atoms. The summed E-state index contributed by atoms with van der Waals surface area (Å²) < 4.78 is 13.6. The number of aliphatic hydroxyl groups is 1. The second kappa shape index (κ2) is 6.07. The van der Waals surface area contributed by atoms with E-state index in [9.17, 15) is 9.50 Å². The van der Waals surface area contributed by atoms with Crippen molar-refractivity contribution in [1.29, 1.82) is 0 Å². The van der Waals surface area contributed by atoms with Gasteiger partial charge in [-0.1, -0.05) is 13.5 Å². The molecule has 1 aliphatic rings. The Kier molecular flexibility index (Phi) is 4.14. The molecule has 1 aromatic carbocycles. The van der Waals surface area contributed by atoms with Crippen molar-refractivity contribution in [2.45, 2.75) is 38.5 Å². The van der Waals surface area contributed by atoms with Crippen LogP contribution in [0.5, 0.6) is 0 Å². The third-order valence-corrected chi connectivity index (χ3v) is 5.18. The zero-order valence-electron chi connectivity index (χ0n) is 12.9. The maximum Gasteiger partial charge on any atom is 0.123 e. The zero-order chi connectivity index (χ0) is 15.7. The largest absolute Gasteiger partial charge is 0.513 e. The first-order valence-electron chi connectivity index (χ1n) is 7.98. The molecule has 0 amide bonds. The lowest BCUT2D eigenvalue weighted by atomic mass is 9.73. The van der Waals surface area contributed by atoms with Gasteiger partial charge in [-0.15, -0.1) is 0 Å². The number of aromatic nitrogens is 1. The Hall–Kier alpha value is -1.90. The smallest absolute Gasteiger partial charge is 0.123 e. The summed E-state index contributed by atoms with van der Waals surface area (Å²) in [5.74, 6) is 1.19. The molecule has 116 valence electrons. The molecular formula is C19H22FNO. The van der Waals surface area contributed by atoms with Crippen LogP contribution in [0, 0.1) is 17.7 Å². The molecular weight excluding hydrogens is 277 g/mol. The van der Waals surface area contributed by atoms with Gasteiger partial charge in [0, 0.05) is 17.5 Å². The highest BCUT2D eigenvalue weighted by Crippen LogP contribution is 2.41. The van der Waals surface area contributed by atoms with Gasteiger partial charge in [0.25, 0.3) is 0 Å². The van der Waals surface area contributed by atoms with Gasteiger partial charge in [-0.3, -0.25) is 4.98 Å². The number of allylic oxidation sites excluding steroid dienone is 1. The van der Waals surface area contributed by atoms with Crippen molar-refractivity contribution < 1.29 is 9.50 Å². The molecule has 1 aliphatic carbocycles. The molecule has 0 spiro atoms. The molecule has 0 aliphatic heterocycles. The van der Waals surface area contributed by atoms with Gasteiger partial charge >= 0.3 is 0 Å². The first-order valence-corrected chi connectivity index (χ1v) is 7.98. The number of fused-ring (bicyclic) bond motifs is 1. The first-order chi connectivity index (χ1) is 10.6. The van der Waals surface area contributed by atoms with Crippen molar-refractivity contribution in [1.82, 2.24) is 4.98 Å². The zero-order valence-corrected chi connectivity index (χ0v) is 12.9. The van der Waals surface area contributed by atoms with Crippen molar-refractivity contribution in [2.24, 2.45) is 11.8 Å². The molecule has 1 atom stereocenters. The Bertz CT molecular complexity index is 689. The number of halogens is 1. The normalized spacial score (nSPS) is 23.4. The first kappa shape index (κ1) is 15.0. The van der Waals surface area contributed by atoms with E-state index >= 15 is 0 Å². The van der Waals surface area contributed by atoms with Crippen molar-refractivity contribution in [3.05, 3.63) is 54.2 Å². The summed E-state index contributed by atoms with van der Waals surface area (Å²) in [6, 6.07) is 6.84. The molecule has 2 aromatic rings. The van der Waals surface area contributed by atoms with Crippen LogP contribution in [0.1, 0.15) is 44.1 Å². The molecule has 1 fully saturated rings. The minimum atomic E-state index is -0.208. The maximum atomic E-state index is 13.6. The number of aliphatic hydroxyl groups excluding tert-OH is 1. The van der Waals surface area contributed by atoms with E-state index in [1.165, 1.54) is 11.6 Å². The average Bonchev–Trinajstić information content (AvgIpc) is 2.53. The Morgan fingerprint density at radius 3 is 2.68 bits per heavy atom. The average molecular weight is 299 g/mol. The van der Waals surface area contributed by atoms with Crippen LogP contribution in [-0.2, 0) is 0 Å². The molecule has 1 saturated carbocycles. The van der Waals surface area contributed by atoms with Gasteiger partial charge in [-0.05, 0) is 67.3 Å². The van der Waals surface area contributed by atoms with E-state index in [0.717, 1.165) is 36.6 Å². The number of pyridine rings is 1. The number of nitrogens with zero attached hydrogens (tertiary/aromatic N) is 1. The van der Waals surface area contributed by atoms with Crippen LogP contribution in [0.15, 0.2) is 42.8 Å². The minimum Gasteiger partial charge on any atom is -0.513 e. The third-order valence-electron chi connectivity index (χ3n) is 5.18. The SMILES string of the molecule is C=C(O)C(C)C1CCC(c2ccnc3ccc(F)cc23)CC1. The predicted molar refractivity (Wildman–Crippen MR) is 87.3 cm³/mol. The number of rotatable bonds is 3. The fraction of sp³-hybridized carbons (Fsp3) is 0.421. The van der Waals surface area contributed by atoms with Gasteiger partial charge in [-0.25, -0.2) is 4.39 Å². The van der Waals surface area contributed by atoms with Crippen LogP contribution >= 0.6 is 0 Å². The Morgan fingerprint density at radius 1 is 1.27 bits per heavy atom. The Morgan fingerprint density at radius 2 is 2.00 bits per heavy atom. The summed E-state index contributed by atoms with van der Waals surface area (Å²) in [6.45, 7) is 5.71. The lowest BCUT2D eigenvalue weighted by Gasteiger charge is -2.32. The van der Waals surface area contributed by atoms with E-state index in [4.69, 9.17) is 0 Å². The van der Waals surface area contributed by atoms with Crippen LogP contribution in [0.3, 0.4) is 0 Å². The van der Waals surface area contributed by atoms with E-state index < -0.39 is 0 Å². The van der Waals surface area contributed by atoms with Gasteiger partial charge in [0.1, 0.15) is 5.82 Å². The summed E-state index contributed by atoms with van der Waals surface area (Å²) in [4.78, 5) is 4.33. The van der Waals surface area contributed by atoms with Gasteiger partial charge in [0.15, 0.2) is 0 Å². The van der Waals surface area contributed by atoms with Crippen molar-refractivity contribution >= 4 is 10.9 Å². The second-order valence-electron chi connectivity index (χ2n) is 6.45. The molecule has 1 heterocycles. The van der Waals surface area contributed by atoms with E-state index in [-0.39, 0.29) is 11.7 Å². The third kappa shape index (κ3) is 2.85. The van der Waals surface area contributed by atoms with E-state index in [1.54, 1.807) is 12.1 Å². The van der Waals surface area contributed by atoms with Crippen LogP contribution in [0.25, 0.3) is 10.9 Å². The highest BCUT2D eigenvalue weighted by molar-refractivity contribution is 5.82. The molecule has 0 saturated heterocycles. The quantitative estimate of drug-likeness (QED) is 0.774. The topological polar surface area (TPSA) is 33.1 Å². The standard InChI is InChI=1S/C19H22FNO/c1-12(13(2)22)14-3-5-15(6-4-14)17-9-10-21-19-8-7-16(20)11-18(17)19/h7-12,14-15,22H,2-6H2,1H3. The fourth-order valence-electron chi connectivity index (χ4n) is 3.70. The van der Waals surface area contributed by atoms with Crippen molar-refractivity contribution in [3.8, 4) is 0 Å². The maximum absolute atomic E-state index is 13.6. The fourth-order valence-corrected chi connectivity index (χ4v) is 3.70. The Balaban J connectivity index is 1.82. The minimum absolute atomic E-state index is 0.160. The molecule has 3 heteroatoms. The molecule has 2 nitrogen and oxygen atoms in total. The summed E-state index contributed by atoms with van der Waals surface area (Å²) in [5.41, 5.74) is 2.07.